The van der Waals surface area contributed by atoms with Crippen molar-refractivity contribution in [2.24, 2.45) is 0 Å². The predicted molar refractivity (Wildman–Crippen MR) is 153 cm³/mol. The maximum absolute atomic E-state index is 11.2. The third-order valence-corrected chi connectivity index (χ3v) is 10.1. The van der Waals surface area contributed by atoms with Crippen molar-refractivity contribution < 1.29 is 105 Å². The fourth-order valence-corrected chi connectivity index (χ4v) is 6.68. The summed E-state index contributed by atoms with van der Waals surface area (Å²) >= 11 is 0. The van der Waals surface area contributed by atoms with Gasteiger partial charge in [-0.25, -0.2) is 0 Å². The number of hydrogen-bond donors (Lipinski definition) is 14. The molecule has 0 spiro atoms. The Balaban J connectivity index is 1.60. The molecule has 4 fully saturated rings. The highest BCUT2D eigenvalue weighted by molar-refractivity contribution is 5.09. The SMILES string of the molecule is CC(OCC1(C(C)OCC2(OC3OC(CO)C(O)C(O)C3O)OC(CO)C(O)C2O)OC(CO)C(O)C1O)C1(CO)OC(CO)C(O)C1O. The second kappa shape index (κ2) is 16.0. The van der Waals surface area contributed by atoms with Crippen LogP contribution in [0.5, 0.6) is 0 Å². The molecule has 4 heterocycles. The third kappa shape index (κ3) is 7.13. The van der Waals surface area contributed by atoms with E-state index < -0.39 is 161 Å². The topological polar surface area (TPSA) is 348 Å². The Labute approximate surface area is 279 Å². The average molecular weight is 723 g/mol. The van der Waals surface area contributed by atoms with Gasteiger partial charge >= 0.3 is 0 Å². The Hall–Kier alpha value is -0.840. The molecule has 21 nitrogen and oxygen atoms in total. The Kier molecular flexibility index (Phi) is 13.4. The highest BCUT2D eigenvalue weighted by Gasteiger charge is 2.63. The van der Waals surface area contributed by atoms with Gasteiger partial charge in [-0.15, -0.1) is 0 Å². The molecular formula is C28H50O21. The zero-order valence-corrected chi connectivity index (χ0v) is 26.8. The van der Waals surface area contributed by atoms with Crippen LogP contribution < -0.4 is 0 Å². The first-order valence-corrected chi connectivity index (χ1v) is 15.8. The molecule has 0 aromatic heterocycles. The first-order chi connectivity index (χ1) is 23.0. The lowest BCUT2D eigenvalue weighted by Gasteiger charge is -2.45. The van der Waals surface area contributed by atoms with Gasteiger partial charge < -0.3 is 105 Å². The van der Waals surface area contributed by atoms with Gasteiger partial charge in [-0.3, -0.25) is 0 Å². The molecule has 4 rings (SSSR count). The summed E-state index contributed by atoms with van der Waals surface area (Å²) in [5, 5.41) is 144. The van der Waals surface area contributed by atoms with Gasteiger partial charge in [0.15, 0.2) is 6.29 Å². The van der Waals surface area contributed by atoms with Crippen LogP contribution in [0.3, 0.4) is 0 Å². The Morgan fingerprint density at radius 1 is 0.510 bits per heavy atom. The van der Waals surface area contributed by atoms with Crippen molar-refractivity contribution in [2.75, 3.05) is 46.2 Å². The van der Waals surface area contributed by atoms with Gasteiger partial charge in [-0.1, -0.05) is 0 Å². The first-order valence-electron chi connectivity index (χ1n) is 15.8. The number of hydrogen-bond acceptors (Lipinski definition) is 21. The van der Waals surface area contributed by atoms with E-state index in [0.717, 1.165) is 0 Å². The van der Waals surface area contributed by atoms with Crippen molar-refractivity contribution >= 4 is 0 Å². The lowest BCUT2D eigenvalue weighted by atomic mass is 9.88. The fourth-order valence-electron chi connectivity index (χ4n) is 6.68. The highest BCUT2D eigenvalue weighted by atomic mass is 16.8. The van der Waals surface area contributed by atoms with Crippen molar-refractivity contribution in [1.82, 2.24) is 0 Å². The van der Waals surface area contributed by atoms with Crippen molar-refractivity contribution in [3.05, 3.63) is 0 Å². The maximum Gasteiger partial charge on any atom is 0.224 e. The maximum atomic E-state index is 11.2. The van der Waals surface area contributed by atoms with Crippen LogP contribution in [0.1, 0.15) is 13.8 Å². The summed E-state index contributed by atoms with van der Waals surface area (Å²) in [5.74, 6) is -2.51. The molecule has 4 aliphatic rings. The largest absolute Gasteiger partial charge is 0.394 e. The minimum Gasteiger partial charge on any atom is -0.394 e. The molecule has 0 radical (unpaired) electrons. The van der Waals surface area contributed by atoms with Crippen molar-refractivity contribution in [3.8, 4) is 0 Å². The molecule has 14 N–H and O–H groups in total. The smallest absolute Gasteiger partial charge is 0.224 e. The minimum atomic E-state index is -2.51. The summed E-state index contributed by atoms with van der Waals surface area (Å²) in [6, 6.07) is 0. The van der Waals surface area contributed by atoms with Gasteiger partial charge in [0.2, 0.25) is 5.79 Å². The first kappa shape index (κ1) is 40.9. The zero-order valence-electron chi connectivity index (χ0n) is 26.8. The summed E-state index contributed by atoms with van der Waals surface area (Å²) in [7, 11) is 0. The molecule has 0 saturated carbocycles. The van der Waals surface area contributed by atoms with Crippen LogP contribution in [0.2, 0.25) is 0 Å². The quantitative estimate of drug-likeness (QED) is 0.0746. The highest BCUT2D eigenvalue weighted by Crippen LogP contribution is 2.42. The molecular weight excluding hydrogens is 672 g/mol. The molecule has 19 atom stereocenters. The molecule has 49 heavy (non-hydrogen) atoms. The van der Waals surface area contributed by atoms with E-state index in [-0.39, 0.29) is 0 Å². The lowest BCUT2D eigenvalue weighted by molar-refractivity contribution is -0.388. The van der Waals surface area contributed by atoms with Gasteiger partial charge in [0.25, 0.3) is 0 Å². The molecule has 19 unspecified atom stereocenters. The van der Waals surface area contributed by atoms with E-state index in [1.165, 1.54) is 13.8 Å². The van der Waals surface area contributed by atoms with E-state index in [0.29, 0.717) is 0 Å². The van der Waals surface area contributed by atoms with E-state index in [2.05, 4.69) is 0 Å². The molecule has 0 bridgehead atoms. The van der Waals surface area contributed by atoms with Crippen LogP contribution in [0, 0.1) is 0 Å². The van der Waals surface area contributed by atoms with Gasteiger partial charge in [0, 0.05) is 0 Å². The predicted octanol–water partition coefficient (Wildman–Crippen LogP) is -8.88. The second-order valence-electron chi connectivity index (χ2n) is 12.9. The normalized spacial score (nSPS) is 50.2. The Bertz CT molecular complexity index is 1060. The number of rotatable bonds is 15. The summed E-state index contributed by atoms with van der Waals surface area (Å²) in [4.78, 5) is 0. The molecule has 0 aliphatic carbocycles. The fraction of sp³-hybridized carbons (Fsp3) is 1.00. The lowest BCUT2D eigenvalue weighted by Crippen LogP contribution is -2.63. The number of aliphatic hydroxyl groups is 14. The molecule has 0 amide bonds. The van der Waals surface area contributed by atoms with Gasteiger partial charge in [-0.2, -0.15) is 0 Å². The zero-order chi connectivity index (χ0) is 36.6. The Morgan fingerprint density at radius 3 is 1.45 bits per heavy atom. The molecule has 4 saturated heterocycles. The van der Waals surface area contributed by atoms with E-state index in [1.54, 1.807) is 0 Å². The molecule has 288 valence electrons. The second-order valence-corrected chi connectivity index (χ2v) is 12.9. The van der Waals surface area contributed by atoms with Gasteiger partial charge in [-0.05, 0) is 13.8 Å². The van der Waals surface area contributed by atoms with Crippen LogP contribution in [0.4, 0.5) is 0 Å². The van der Waals surface area contributed by atoms with Gasteiger partial charge in [0.05, 0.1) is 51.8 Å². The van der Waals surface area contributed by atoms with E-state index in [9.17, 15) is 71.5 Å². The van der Waals surface area contributed by atoms with Crippen LogP contribution >= 0.6 is 0 Å². The van der Waals surface area contributed by atoms with Crippen molar-refractivity contribution in [2.45, 2.75) is 129 Å². The average Bonchev–Trinajstić information content (AvgIpc) is 3.62. The summed E-state index contributed by atoms with van der Waals surface area (Å²) < 4.78 is 40.0. The third-order valence-electron chi connectivity index (χ3n) is 10.1. The summed E-state index contributed by atoms with van der Waals surface area (Å²) in [6.45, 7) is -3.05. The van der Waals surface area contributed by atoms with Crippen LogP contribution in [0.25, 0.3) is 0 Å². The van der Waals surface area contributed by atoms with Crippen molar-refractivity contribution in [1.29, 1.82) is 0 Å². The van der Waals surface area contributed by atoms with Crippen LogP contribution in [-0.4, -0.2) is 233 Å². The van der Waals surface area contributed by atoms with Crippen LogP contribution in [-0.2, 0) is 33.2 Å². The molecule has 4 aliphatic heterocycles. The summed E-state index contributed by atoms with van der Waals surface area (Å²) in [5.41, 5.74) is -4.07. The molecule has 21 heteroatoms. The summed E-state index contributed by atoms with van der Waals surface area (Å²) in [6.07, 6.45) is -26.8. The molecule has 0 aromatic carbocycles. The molecule has 0 aromatic rings. The standard InChI is InChI=1S/C28H50O21/c1-10(26(7-33)22(40)17(35)13(4-30)46-26)43-8-27(23(41)18(36)14(5-31)47-27)11(2)44-9-28(24(42)19(37)15(6-32)48-28)49-25-21(39)20(38)16(34)12(3-29)45-25/h10-25,29-42H,3-9H2,1-2H3. The number of aliphatic hydroxyl groups excluding tert-OH is 14. The van der Waals surface area contributed by atoms with Gasteiger partial charge in [0.1, 0.15) is 97.2 Å². The van der Waals surface area contributed by atoms with Crippen molar-refractivity contribution in [3.63, 3.8) is 0 Å². The Morgan fingerprint density at radius 2 is 0.959 bits per heavy atom. The monoisotopic (exact) mass is 722 g/mol. The minimum absolute atomic E-state index is 0.708. The van der Waals surface area contributed by atoms with E-state index in [4.69, 9.17) is 33.2 Å². The van der Waals surface area contributed by atoms with E-state index in [1.807, 2.05) is 0 Å². The van der Waals surface area contributed by atoms with Crippen LogP contribution in [0.15, 0.2) is 0 Å². The number of ether oxygens (including phenoxy) is 7. The van der Waals surface area contributed by atoms with E-state index >= 15 is 0 Å².